The van der Waals surface area contributed by atoms with Gasteiger partial charge in [0.25, 0.3) is 0 Å². The Bertz CT molecular complexity index is 560. The second-order valence-corrected chi connectivity index (χ2v) is 6.69. The molecule has 1 aliphatic heterocycles. The number of carbonyl (C=O) groups is 1. The molecule has 5 heteroatoms. The average molecular weight is 320 g/mol. The number of carbonyl (C=O) groups excluding carboxylic acids is 1. The number of aliphatic hydroxyl groups excluding tert-OH is 1. The van der Waals surface area contributed by atoms with Crippen molar-refractivity contribution in [3.05, 3.63) is 35.6 Å². The molecule has 2 fully saturated rings. The highest BCUT2D eigenvalue weighted by Crippen LogP contribution is 2.49. The van der Waals surface area contributed by atoms with E-state index >= 15 is 0 Å². The summed E-state index contributed by atoms with van der Waals surface area (Å²) < 4.78 is 14.0. The molecular formula is C18H25FN2O2. The summed E-state index contributed by atoms with van der Waals surface area (Å²) >= 11 is 0. The average Bonchev–Trinajstić information content (AvgIpc) is 3.37. The third-order valence-electron chi connectivity index (χ3n) is 5.22. The van der Waals surface area contributed by atoms with Crippen LogP contribution in [0.3, 0.4) is 0 Å². The van der Waals surface area contributed by atoms with Crippen LogP contribution in [0, 0.1) is 5.82 Å². The molecule has 1 atom stereocenters. The van der Waals surface area contributed by atoms with Crippen molar-refractivity contribution in [1.29, 1.82) is 0 Å². The number of aliphatic hydroxyl groups is 1. The van der Waals surface area contributed by atoms with Crippen LogP contribution in [0.2, 0.25) is 0 Å². The zero-order valence-electron chi connectivity index (χ0n) is 13.4. The molecule has 1 heterocycles. The summed E-state index contributed by atoms with van der Waals surface area (Å²) in [6.07, 6.45) is 4.74. The molecule has 1 aliphatic carbocycles. The van der Waals surface area contributed by atoms with E-state index in [2.05, 4.69) is 10.2 Å². The van der Waals surface area contributed by atoms with Crippen molar-refractivity contribution in [2.24, 2.45) is 0 Å². The van der Waals surface area contributed by atoms with Crippen LogP contribution in [0.25, 0.3) is 0 Å². The van der Waals surface area contributed by atoms with Gasteiger partial charge in [-0.3, -0.25) is 9.69 Å². The van der Waals surface area contributed by atoms with Crippen LogP contribution in [0.4, 0.5) is 4.39 Å². The predicted octanol–water partition coefficient (Wildman–Crippen LogP) is 1.82. The predicted molar refractivity (Wildman–Crippen MR) is 86.6 cm³/mol. The largest absolute Gasteiger partial charge is 0.395 e. The van der Waals surface area contributed by atoms with Crippen LogP contribution in [0.15, 0.2) is 24.3 Å². The molecule has 23 heavy (non-hydrogen) atoms. The molecule has 1 unspecified atom stereocenters. The molecule has 3 rings (SSSR count). The lowest BCUT2D eigenvalue weighted by atomic mass is 9.94. The molecule has 0 spiro atoms. The lowest BCUT2D eigenvalue weighted by Gasteiger charge is -2.34. The minimum absolute atomic E-state index is 0.0693. The van der Waals surface area contributed by atoms with E-state index in [1.54, 1.807) is 18.2 Å². The molecule has 0 bridgehead atoms. The van der Waals surface area contributed by atoms with Gasteiger partial charge >= 0.3 is 0 Å². The number of hydrogen-bond donors (Lipinski definition) is 2. The molecule has 0 radical (unpaired) electrons. The quantitative estimate of drug-likeness (QED) is 0.841. The van der Waals surface area contributed by atoms with E-state index in [1.165, 1.54) is 6.07 Å². The fourth-order valence-electron chi connectivity index (χ4n) is 3.64. The summed E-state index contributed by atoms with van der Waals surface area (Å²) in [5, 5.41) is 12.4. The Morgan fingerprint density at radius 2 is 2.13 bits per heavy atom. The maximum absolute atomic E-state index is 14.0. The SMILES string of the molecule is O=C(NCCN1CCCCC1CO)C1(c2ccccc2F)CC1. The van der Waals surface area contributed by atoms with E-state index in [0.717, 1.165) is 32.4 Å². The maximum Gasteiger partial charge on any atom is 0.230 e. The Balaban J connectivity index is 1.55. The van der Waals surface area contributed by atoms with Gasteiger partial charge < -0.3 is 10.4 Å². The van der Waals surface area contributed by atoms with Gasteiger partial charge in [0.1, 0.15) is 5.82 Å². The molecule has 126 valence electrons. The summed E-state index contributed by atoms with van der Waals surface area (Å²) in [5.74, 6) is -0.364. The third kappa shape index (κ3) is 3.40. The number of benzene rings is 1. The van der Waals surface area contributed by atoms with Gasteiger partial charge in [-0.05, 0) is 38.3 Å². The zero-order chi connectivity index (χ0) is 16.3. The fraction of sp³-hybridized carbons (Fsp3) is 0.611. The molecule has 4 nitrogen and oxygen atoms in total. The molecule has 1 saturated carbocycles. The van der Waals surface area contributed by atoms with Gasteiger partial charge in [0, 0.05) is 24.7 Å². The van der Waals surface area contributed by atoms with E-state index < -0.39 is 5.41 Å². The Hall–Kier alpha value is -1.46. The highest BCUT2D eigenvalue weighted by atomic mass is 19.1. The molecule has 2 N–H and O–H groups in total. The summed E-state index contributed by atoms with van der Waals surface area (Å²) in [4.78, 5) is 14.8. The monoisotopic (exact) mass is 320 g/mol. The first kappa shape index (κ1) is 16.4. The topological polar surface area (TPSA) is 52.6 Å². The van der Waals surface area contributed by atoms with Crippen LogP contribution < -0.4 is 5.32 Å². The summed E-state index contributed by atoms with van der Waals surface area (Å²) in [6, 6.07) is 6.78. The van der Waals surface area contributed by atoms with Crippen molar-refractivity contribution in [1.82, 2.24) is 10.2 Å². The second-order valence-electron chi connectivity index (χ2n) is 6.69. The molecular weight excluding hydrogens is 295 g/mol. The van der Waals surface area contributed by atoms with Crippen LogP contribution in [-0.4, -0.2) is 48.2 Å². The summed E-state index contributed by atoms with van der Waals surface area (Å²) in [7, 11) is 0. The van der Waals surface area contributed by atoms with Crippen LogP contribution in [-0.2, 0) is 10.2 Å². The van der Waals surface area contributed by atoms with E-state index in [-0.39, 0.29) is 24.4 Å². The number of halogens is 1. The molecule has 0 aromatic heterocycles. The standard InChI is InChI=1S/C18H25FN2O2/c19-16-7-2-1-6-15(16)18(8-9-18)17(23)20-10-12-21-11-4-3-5-14(21)13-22/h1-2,6-7,14,22H,3-5,8-13H2,(H,20,23). The van der Waals surface area contributed by atoms with Crippen LogP contribution in [0.1, 0.15) is 37.7 Å². The van der Waals surface area contributed by atoms with Crippen LogP contribution in [0.5, 0.6) is 0 Å². The molecule has 1 aromatic carbocycles. The lowest BCUT2D eigenvalue weighted by molar-refractivity contribution is -0.123. The van der Waals surface area contributed by atoms with Gasteiger partial charge in [-0.2, -0.15) is 0 Å². The highest BCUT2D eigenvalue weighted by Gasteiger charge is 2.52. The van der Waals surface area contributed by atoms with Gasteiger partial charge in [0.15, 0.2) is 0 Å². The van der Waals surface area contributed by atoms with Crippen molar-refractivity contribution in [2.75, 3.05) is 26.2 Å². The van der Waals surface area contributed by atoms with Crippen molar-refractivity contribution in [2.45, 2.75) is 43.6 Å². The van der Waals surface area contributed by atoms with Crippen molar-refractivity contribution < 1.29 is 14.3 Å². The number of nitrogens with zero attached hydrogens (tertiary/aromatic N) is 1. The van der Waals surface area contributed by atoms with Gasteiger partial charge in [0.2, 0.25) is 5.91 Å². The zero-order valence-corrected chi connectivity index (χ0v) is 13.4. The number of hydrogen-bond acceptors (Lipinski definition) is 3. The van der Waals surface area contributed by atoms with Gasteiger partial charge in [0.05, 0.1) is 12.0 Å². The number of piperidine rings is 1. The Kier molecular flexibility index (Phi) is 4.97. The lowest BCUT2D eigenvalue weighted by Crippen LogP contribution is -2.46. The first-order valence-electron chi connectivity index (χ1n) is 8.55. The third-order valence-corrected chi connectivity index (χ3v) is 5.22. The number of amides is 1. The van der Waals surface area contributed by atoms with E-state index in [9.17, 15) is 14.3 Å². The Labute approximate surface area is 136 Å². The maximum atomic E-state index is 14.0. The van der Waals surface area contributed by atoms with E-state index in [1.807, 2.05) is 0 Å². The minimum atomic E-state index is -0.663. The Morgan fingerprint density at radius 1 is 1.35 bits per heavy atom. The first-order chi connectivity index (χ1) is 11.2. The minimum Gasteiger partial charge on any atom is -0.395 e. The van der Waals surface area contributed by atoms with Crippen molar-refractivity contribution in [3.63, 3.8) is 0 Å². The molecule has 1 saturated heterocycles. The second kappa shape index (κ2) is 6.97. The summed E-state index contributed by atoms with van der Waals surface area (Å²) in [5.41, 5.74) is -0.146. The summed E-state index contributed by atoms with van der Waals surface area (Å²) in [6.45, 7) is 2.43. The molecule has 1 amide bonds. The number of rotatable bonds is 6. The Morgan fingerprint density at radius 3 is 2.83 bits per heavy atom. The number of nitrogens with one attached hydrogen (secondary N) is 1. The van der Waals surface area contributed by atoms with Crippen molar-refractivity contribution in [3.8, 4) is 0 Å². The first-order valence-corrected chi connectivity index (χ1v) is 8.55. The van der Waals surface area contributed by atoms with Gasteiger partial charge in [-0.25, -0.2) is 4.39 Å². The van der Waals surface area contributed by atoms with Crippen molar-refractivity contribution >= 4 is 5.91 Å². The molecule has 2 aliphatic rings. The van der Waals surface area contributed by atoms with Crippen LogP contribution >= 0.6 is 0 Å². The number of likely N-dealkylation sites (tertiary alicyclic amines) is 1. The fourth-order valence-corrected chi connectivity index (χ4v) is 3.64. The smallest absolute Gasteiger partial charge is 0.230 e. The normalized spacial score (nSPS) is 23.5. The van der Waals surface area contributed by atoms with Gasteiger partial charge in [-0.15, -0.1) is 0 Å². The van der Waals surface area contributed by atoms with E-state index in [4.69, 9.17) is 0 Å². The van der Waals surface area contributed by atoms with Gasteiger partial charge in [-0.1, -0.05) is 24.6 Å². The van der Waals surface area contributed by atoms with E-state index in [0.29, 0.717) is 24.9 Å². The molecule has 1 aromatic rings. The highest BCUT2D eigenvalue weighted by molar-refractivity contribution is 5.91.